The van der Waals surface area contributed by atoms with E-state index in [2.05, 4.69) is 31.4 Å². The van der Waals surface area contributed by atoms with Gasteiger partial charge < -0.3 is 0 Å². The second-order valence-electron chi connectivity index (χ2n) is 4.43. The number of thiophene rings is 1. The Balaban J connectivity index is 2.33. The van der Waals surface area contributed by atoms with Crippen molar-refractivity contribution in [2.24, 2.45) is 5.92 Å². The summed E-state index contributed by atoms with van der Waals surface area (Å²) in [5, 5.41) is 2.20. The first-order chi connectivity index (χ1) is 7.36. The van der Waals surface area contributed by atoms with Gasteiger partial charge in [0.15, 0.2) is 0 Å². The van der Waals surface area contributed by atoms with Crippen molar-refractivity contribution in [1.82, 2.24) is 0 Å². The molecule has 0 aromatic carbocycles. The van der Waals surface area contributed by atoms with Gasteiger partial charge in [0.2, 0.25) is 0 Å². The number of unbranched alkanes of at least 4 members (excludes halogenated alkanes) is 2. The third-order valence-corrected chi connectivity index (χ3v) is 3.90. The van der Waals surface area contributed by atoms with Crippen LogP contribution in [0, 0.1) is 5.92 Å². The highest BCUT2D eigenvalue weighted by molar-refractivity contribution is 7.09. The Hall–Kier alpha value is -0.300. The summed E-state index contributed by atoms with van der Waals surface area (Å²) in [4.78, 5) is 1.58. The Bertz CT molecular complexity index is 217. The first-order valence-electron chi connectivity index (χ1n) is 6.39. The van der Waals surface area contributed by atoms with Crippen LogP contribution < -0.4 is 0 Å². The van der Waals surface area contributed by atoms with Gasteiger partial charge in [-0.2, -0.15) is 0 Å². The Morgan fingerprint density at radius 3 is 2.27 bits per heavy atom. The second-order valence-corrected chi connectivity index (χ2v) is 5.47. The molecule has 1 heteroatoms. The van der Waals surface area contributed by atoms with Gasteiger partial charge in [-0.05, 0) is 23.8 Å². The Morgan fingerprint density at radius 2 is 1.80 bits per heavy atom. The minimum atomic E-state index is 0.934. The predicted molar refractivity (Wildman–Crippen MR) is 70.6 cm³/mol. The van der Waals surface area contributed by atoms with E-state index in [1.807, 2.05) is 11.3 Å². The lowest BCUT2D eigenvalue weighted by Crippen LogP contribution is -2.03. The van der Waals surface area contributed by atoms with Crippen LogP contribution >= 0.6 is 11.3 Å². The van der Waals surface area contributed by atoms with Gasteiger partial charge in [0.25, 0.3) is 0 Å². The van der Waals surface area contributed by atoms with Crippen molar-refractivity contribution < 1.29 is 0 Å². The van der Waals surface area contributed by atoms with E-state index >= 15 is 0 Å². The lowest BCUT2D eigenvalue weighted by molar-refractivity contribution is 0.419. The van der Waals surface area contributed by atoms with Crippen LogP contribution in [0.3, 0.4) is 0 Å². The minimum absolute atomic E-state index is 0.934. The maximum Gasteiger partial charge on any atom is 0.00479 e. The van der Waals surface area contributed by atoms with Gasteiger partial charge in [-0.25, -0.2) is 0 Å². The van der Waals surface area contributed by atoms with E-state index in [0.717, 1.165) is 5.92 Å². The smallest absolute Gasteiger partial charge is 0.00479 e. The molecule has 0 atom stereocenters. The number of hydrogen-bond acceptors (Lipinski definition) is 1. The van der Waals surface area contributed by atoms with Crippen LogP contribution in [0.5, 0.6) is 0 Å². The van der Waals surface area contributed by atoms with Crippen LogP contribution in [0.25, 0.3) is 0 Å². The summed E-state index contributed by atoms with van der Waals surface area (Å²) in [5.41, 5.74) is 0. The summed E-state index contributed by atoms with van der Waals surface area (Å²) in [6, 6.07) is 4.46. The van der Waals surface area contributed by atoms with Crippen LogP contribution in [0.2, 0.25) is 0 Å². The van der Waals surface area contributed by atoms with E-state index < -0.39 is 0 Å². The highest BCUT2D eigenvalue weighted by Gasteiger charge is 2.09. The molecule has 1 heterocycles. The molecule has 0 radical (unpaired) electrons. The first-order valence-corrected chi connectivity index (χ1v) is 7.27. The van der Waals surface area contributed by atoms with Crippen LogP contribution in [-0.2, 0) is 6.42 Å². The largest absolute Gasteiger partial charge is 0.149 e. The van der Waals surface area contributed by atoms with Crippen molar-refractivity contribution in [3.05, 3.63) is 22.4 Å². The molecule has 0 nitrogen and oxygen atoms in total. The lowest BCUT2D eigenvalue weighted by Gasteiger charge is -2.15. The SMILES string of the molecule is CCCCC(CCCC)Cc1cccs1. The van der Waals surface area contributed by atoms with Gasteiger partial charge in [-0.1, -0.05) is 58.4 Å². The molecule has 0 aliphatic carbocycles. The number of rotatable bonds is 8. The van der Waals surface area contributed by atoms with Crippen molar-refractivity contribution in [3.8, 4) is 0 Å². The average Bonchev–Trinajstić information content (AvgIpc) is 2.74. The average molecular weight is 224 g/mol. The minimum Gasteiger partial charge on any atom is -0.149 e. The van der Waals surface area contributed by atoms with Gasteiger partial charge in [0.1, 0.15) is 0 Å². The summed E-state index contributed by atoms with van der Waals surface area (Å²) in [5.74, 6) is 0.934. The standard InChI is InChI=1S/C14H24S/c1-3-5-8-13(9-6-4-2)12-14-10-7-11-15-14/h7,10-11,13H,3-6,8-9,12H2,1-2H3. The topological polar surface area (TPSA) is 0 Å². The fourth-order valence-corrected chi connectivity index (χ4v) is 2.87. The fourth-order valence-electron chi connectivity index (χ4n) is 2.05. The summed E-state index contributed by atoms with van der Waals surface area (Å²) >= 11 is 1.92. The molecule has 1 rings (SSSR count). The molecule has 15 heavy (non-hydrogen) atoms. The van der Waals surface area contributed by atoms with Crippen LogP contribution in [0.1, 0.15) is 57.2 Å². The molecular weight excluding hydrogens is 200 g/mol. The van der Waals surface area contributed by atoms with Crippen molar-refractivity contribution in [2.45, 2.75) is 58.8 Å². The van der Waals surface area contributed by atoms with Crippen molar-refractivity contribution in [3.63, 3.8) is 0 Å². The monoisotopic (exact) mass is 224 g/mol. The van der Waals surface area contributed by atoms with E-state index in [-0.39, 0.29) is 0 Å². The third-order valence-electron chi connectivity index (χ3n) is 3.00. The summed E-state index contributed by atoms with van der Waals surface area (Å²) < 4.78 is 0. The Kier molecular flexibility index (Phi) is 6.74. The summed E-state index contributed by atoms with van der Waals surface area (Å²) in [6.07, 6.45) is 9.65. The lowest BCUT2D eigenvalue weighted by atomic mass is 9.92. The quantitative estimate of drug-likeness (QED) is 0.563. The molecular formula is C14H24S. The molecule has 1 aromatic heterocycles. The first kappa shape index (κ1) is 12.8. The highest BCUT2D eigenvalue weighted by Crippen LogP contribution is 2.23. The zero-order chi connectivity index (χ0) is 10.9. The van der Waals surface area contributed by atoms with Gasteiger partial charge >= 0.3 is 0 Å². The van der Waals surface area contributed by atoms with Gasteiger partial charge in [-0.15, -0.1) is 11.3 Å². The molecule has 0 spiro atoms. The van der Waals surface area contributed by atoms with Gasteiger partial charge in [0, 0.05) is 4.88 Å². The van der Waals surface area contributed by atoms with Crippen LogP contribution in [0.4, 0.5) is 0 Å². The molecule has 0 bridgehead atoms. The van der Waals surface area contributed by atoms with Crippen molar-refractivity contribution >= 4 is 11.3 Å². The van der Waals surface area contributed by atoms with Gasteiger partial charge in [-0.3, -0.25) is 0 Å². The van der Waals surface area contributed by atoms with Crippen LogP contribution in [-0.4, -0.2) is 0 Å². The zero-order valence-electron chi connectivity index (χ0n) is 10.2. The molecule has 0 amide bonds. The predicted octanol–water partition coefficient (Wildman–Crippen LogP) is 5.29. The molecule has 0 N–H and O–H groups in total. The fraction of sp³-hybridized carbons (Fsp3) is 0.714. The van der Waals surface area contributed by atoms with E-state index in [0.29, 0.717) is 0 Å². The summed E-state index contributed by atoms with van der Waals surface area (Å²) in [6.45, 7) is 4.59. The molecule has 0 unspecified atom stereocenters. The zero-order valence-corrected chi connectivity index (χ0v) is 11.0. The van der Waals surface area contributed by atoms with E-state index in [9.17, 15) is 0 Å². The molecule has 0 aliphatic heterocycles. The maximum atomic E-state index is 2.29. The Morgan fingerprint density at radius 1 is 1.13 bits per heavy atom. The molecule has 0 saturated carbocycles. The molecule has 0 aliphatic rings. The molecule has 1 aromatic rings. The van der Waals surface area contributed by atoms with E-state index in [1.54, 1.807) is 4.88 Å². The highest BCUT2D eigenvalue weighted by atomic mass is 32.1. The second kappa shape index (κ2) is 7.92. The number of hydrogen-bond donors (Lipinski definition) is 0. The van der Waals surface area contributed by atoms with E-state index in [1.165, 1.54) is 44.9 Å². The molecule has 0 fully saturated rings. The van der Waals surface area contributed by atoms with E-state index in [4.69, 9.17) is 0 Å². The van der Waals surface area contributed by atoms with Crippen molar-refractivity contribution in [1.29, 1.82) is 0 Å². The van der Waals surface area contributed by atoms with Crippen LogP contribution in [0.15, 0.2) is 17.5 Å². The Labute approximate surface area is 98.7 Å². The van der Waals surface area contributed by atoms with Crippen molar-refractivity contribution in [2.75, 3.05) is 0 Å². The third kappa shape index (κ3) is 5.36. The normalized spacial score (nSPS) is 11.1. The van der Waals surface area contributed by atoms with Gasteiger partial charge in [0.05, 0.1) is 0 Å². The summed E-state index contributed by atoms with van der Waals surface area (Å²) in [7, 11) is 0. The molecule has 0 saturated heterocycles. The maximum absolute atomic E-state index is 2.29. The molecule has 86 valence electrons.